The lowest BCUT2D eigenvalue weighted by molar-refractivity contribution is 0.415. The van der Waals surface area contributed by atoms with E-state index < -0.39 is 10.0 Å². The van der Waals surface area contributed by atoms with Gasteiger partial charge in [-0.05, 0) is 35.9 Å². The molecule has 3 rings (SSSR count). The van der Waals surface area contributed by atoms with Gasteiger partial charge in [-0.2, -0.15) is 5.10 Å². The molecule has 0 fully saturated rings. The first-order valence-electron chi connectivity index (χ1n) is 8.71. The van der Waals surface area contributed by atoms with E-state index in [0.717, 1.165) is 11.3 Å². The molecule has 2 aromatic carbocycles. The Bertz CT molecular complexity index is 1080. The Balaban J connectivity index is 1.66. The summed E-state index contributed by atoms with van der Waals surface area (Å²) in [6, 6.07) is 19.3. The van der Waals surface area contributed by atoms with Crippen molar-refractivity contribution in [3.63, 3.8) is 0 Å². The number of nitrogens with zero attached hydrogens (tertiary/aromatic N) is 2. The first-order chi connectivity index (χ1) is 13.5. The number of hydrogen-bond acceptors (Lipinski definition) is 5. The van der Waals surface area contributed by atoms with Gasteiger partial charge < -0.3 is 4.74 Å². The number of benzene rings is 2. The van der Waals surface area contributed by atoms with E-state index in [1.165, 1.54) is 10.7 Å². The van der Waals surface area contributed by atoms with Gasteiger partial charge in [0.05, 0.1) is 25.1 Å². The third kappa shape index (κ3) is 5.28. The van der Waals surface area contributed by atoms with Crippen LogP contribution in [0.5, 0.6) is 5.75 Å². The first kappa shape index (κ1) is 19.8. The molecule has 0 unspecified atom stereocenters. The third-order valence-electron chi connectivity index (χ3n) is 4.10. The lowest BCUT2D eigenvalue weighted by atomic mass is 10.1. The quantitative estimate of drug-likeness (QED) is 0.626. The molecule has 146 valence electrons. The van der Waals surface area contributed by atoms with Crippen molar-refractivity contribution in [1.82, 2.24) is 14.5 Å². The zero-order chi connectivity index (χ0) is 20.0. The van der Waals surface area contributed by atoms with E-state index in [2.05, 4.69) is 9.82 Å². The first-order valence-corrected chi connectivity index (χ1v) is 10.4. The van der Waals surface area contributed by atoms with E-state index in [9.17, 15) is 13.2 Å². The molecule has 0 saturated carbocycles. The van der Waals surface area contributed by atoms with Crippen molar-refractivity contribution >= 4 is 10.0 Å². The van der Waals surface area contributed by atoms with Gasteiger partial charge in [0, 0.05) is 18.2 Å². The second kappa shape index (κ2) is 8.81. The smallest absolute Gasteiger partial charge is 0.266 e. The SMILES string of the molecule is COc1ccc(-c2ccc(=O)n(CCNS(=O)(=O)Cc3ccccc3)n2)cc1. The molecule has 0 atom stereocenters. The topological polar surface area (TPSA) is 90.3 Å². The van der Waals surface area contributed by atoms with Crippen LogP contribution in [0.15, 0.2) is 71.5 Å². The van der Waals surface area contributed by atoms with Gasteiger partial charge in [-0.25, -0.2) is 17.8 Å². The third-order valence-corrected chi connectivity index (χ3v) is 5.45. The monoisotopic (exact) mass is 399 g/mol. The molecule has 7 nitrogen and oxygen atoms in total. The maximum atomic E-state index is 12.2. The van der Waals surface area contributed by atoms with Crippen LogP contribution < -0.4 is 15.0 Å². The summed E-state index contributed by atoms with van der Waals surface area (Å²) in [6.07, 6.45) is 0. The number of rotatable bonds is 8. The molecule has 1 heterocycles. The van der Waals surface area contributed by atoms with Gasteiger partial charge in [-0.1, -0.05) is 30.3 Å². The van der Waals surface area contributed by atoms with Crippen molar-refractivity contribution in [2.45, 2.75) is 12.3 Å². The van der Waals surface area contributed by atoms with Gasteiger partial charge >= 0.3 is 0 Å². The lowest BCUT2D eigenvalue weighted by Crippen LogP contribution is -2.32. The van der Waals surface area contributed by atoms with Crippen LogP contribution in [0.2, 0.25) is 0 Å². The number of ether oxygens (including phenoxy) is 1. The Morgan fingerprint density at radius 3 is 2.39 bits per heavy atom. The number of methoxy groups -OCH3 is 1. The molecule has 0 aliphatic heterocycles. The molecule has 28 heavy (non-hydrogen) atoms. The standard InChI is InChI=1S/C20H21N3O4S/c1-27-18-9-7-17(8-10-18)19-11-12-20(24)23(22-19)14-13-21-28(25,26)15-16-5-3-2-4-6-16/h2-12,21H,13-15H2,1H3. The van der Waals surface area contributed by atoms with Gasteiger partial charge in [0.2, 0.25) is 10.0 Å². The summed E-state index contributed by atoms with van der Waals surface area (Å²) in [6.45, 7) is 0.213. The highest BCUT2D eigenvalue weighted by molar-refractivity contribution is 7.88. The van der Waals surface area contributed by atoms with Crippen LogP contribution in [0, 0.1) is 0 Å². The second-order valence-corrected chi connectivity index (χ2v) is 7.95. The number of aromatic nitrogens is 2. The molecule has 1 N–H and O–H groups in total. The lowest BCUT2D eigenvalue weighted by Gasteiger charge is -2.09. The largest absolute Gasteiger partial charge is 0.497 e. The van der Waals surface area contributed by atoms with E-state index >= 15 is 0 Å². The van der Waals surface area contributed by atoms with Crippen LogP contribution in [0.25, 0.3) is 11.3 Å². The molecule has 0 spiro atoms. The number of hydrogen-bond donors (Lipinski definition) is 1. The normalized spacial score (nSPS) is 11.3. The second-order valence-electron chi connectivity index (χ2n) is 6.15. The Morgan fingerprint density at radius 2 is 1.71 bits per heavy atom. The predicted molar refractivity (Wildman–Crippen MR) is 108 cm³/mol. The van der Waals surface area contributed by atoms with E-state index in [0.29, 0.717) is 11.3 Å². The van der Waals surface area contributed by atoms with E-state index in [1.54, 1.807) is 37.4 Å². The predicted octanol–water partition coefficient (Wildman–Crippen LogP) is 2.04. The minimum Gasteiger partial charge on any atom is -0.497 e. The van der Waals surface area contributed by atoms with Gasteiger partial charge in [-0.15, -0.1) is 0 Å². The Hall–Kier alpha value is -2.97. The Kier molecular flexibility index (Phi) is 6.23. The molecule has 8 heteroatoms. The highest BCUT2D eigenvalue weighted by Gasteiger charge is 2.11. The summed E-state index contributed by atoms with van der Waals surface area (Å²) >= 11 is 0. The minimum absolute atomic E-state index is 0.0775. The summed E-state index contributed by atoms with van der Waals surface area (Å²) in [7, 11) is -1.91. The molecule has 1 aromatic heterocycles. The van der Waals surface area contributed by atoms with Crippen molar-refractivity contribution in [3.05, 3.63) is 82.6 Å². The van der Waals surface area contributed by atoms with Crippen LogP contribution in [-0.2, 0) is 22.3 Å². The zero-order valence-corrected chi connectivity index (χ0v) is 16.2. The maximum Gasteiger partial charge on any atom is 0.266 e. The molecule has 0 aliphatic rings. The van der Waals surface area contributed by atoms with Gasteiger partial charge in [0.25, 0.3) is 5.56 Å². The highest BCUT2D eigenvalue weighted by atomic mass is 32.2. The van der Waals surface area contributed by atoms with Crippen molar-refractivity contribution in [2.24, 2.45) is 0 Å². The Labute approximate surface area is 163 Å². The fourth-order valence-corrected chi connectivity index (χ4v) is 3.81. The van der Waals surface area contributed by atoms with Gasteiger partial charge in [0.1, 0.15) is 5.75 Å². The van der Waals surface area contributed by atoms with E-state index in [4.69, 9.17) is 4.74 Å². The van der Waals surface area contributed by atoms with Crippen LogP contribution in [0.3, 0.4) is 0 Å². The molecular formula is C20H21N3O4S. The van der Waals surface area contributed by atoms with E-state index in [-0.39, 0.29) is 24.4 Å². The summed E-state index contributed by atoms with van der Waals surface area (Å²) < 4.78 is 33.3. The molecule has 0 bridgehead atoms. The fraction of sp³-hybridized carbons (Fsp3) is 0.200. The average Bonchev–Trinajstić information content (AvgIpc) is 2.70. The minimum atomic E-state index is -3.49. The number of nitrogens with one attached hydrogen (secondary N) is 1. The van der Waals surface area contributed by atoms with Crippen molar-refractivity contribution < 1.29 is 13.2 Å². The molecular weight excluding hydrogens is 378 g/mol. The van der Waals surface area contributed by atoms with Crippen molar-refractivity contribution in [1.29, 1.82) is 0 Å². The highest BCUT2D eigenvalue weighted by Crippen LogP contribution is 2.19. The summed E-state index contributed by atoms with van der Waals surface area (Å²) in [5.74, 6) is 0.618. The summed E-state index contributed by atoms with van der Waals surface area (Å²) in [4.78, 5) is 12.1. The molecule has 0 amide bonds. The van der Waals surface area contributed by atoms with Crippen LogP contribution >= 0.6 is 0 Å². The summed E-state index contributed by atoms with van der Waals surface area (Å²) in [5.41, 5.74) is 1.86. The zero-order valence-electron chi connectivity index (χ0n) is 15.4. The molecule has 0 radical (unpaired) electrons. The summed E-state index contributed by atoms with van der Waals surface area (Å²) in [5, 5.41) is 4.33. The average molecular weight is 399 g/mol. The molecule has 3 aromatic rings. The van der Waals surface area contributed by atoms with Crippen LogP contribution in [-0.4, -0.2) is 31.9 Å². The maximum absolute atomic E-state index is 12.2. The number of sulfonamides is 1. The van der Waals surface area contributed by atoms with Crippen molar-refractivity contribution in [2.75, 3.05) is 13.7 Å². The molecule has 0 aliphatic carbocycles. The van der Waals surface area contributed by atoms with Gasteiger partial charge in [-0.3, -0.25) is 4.79 Å². The van der Waals surface area contributed by atoms with Crippen LogP contribution in [0.4, 0.5) is 0 Å². The fourth-order valence-electron chi connectivity index (χ4n) is 2.68. The van der Waals surface area contributed by atoms with Gasteiger partial charge in [0.15, 0.2) is 0 Å². The molecule has 0 saturated heterocycles. The van der Waals surface area contributed by atoms with Crippen molar-refractivity contribution in [3.8, 4) is 17.0 Å². The van der Waals surface area contributed by atoms with E-state index in [1.807, 2.05) is 30.3 Å². The Morgan fingerprint density at radius 1 is 1.00 bits per heavy atom. The van der Waals surface area contributed by atoms with Crippen LogP contribution in [0.1, 0.15) is 5.56 Å².